The van der Waals surface area contributed by atoms with Crippen LogP contribution in [0.5, 0.6) is 0 Å². The van der Waals surface area contributed by atoms with E-state index in [1.807, 2.05) is 6.07 Å². The molecule has 1 aliphatic rings. The van der Waals surface area contributed by atoms with Gasteiger partial charge in [-0.3, -0.25) is 0 Å². The largest absolute Gasteiger partial charge is 0.480 e. The zero-order valence-electron chi connectivity index (χ0n) is 8.50. The van der Waals surface area contributed by atoms with E-state index in [1.54, 1.807) is 4.90 Å². The van der Waals surface area contributed by atoms with Gasteiger partial charge in [-0.1, -0.05) is 0 Å². The first-order valence-electron chi connectivity index (χ1n) is 4.94. The number of aromatic nitrogens is 2. The summed E-state index contributed by atoms with van der Waals surface area (Å²) >= 11 is 0. The van der Waals surface area contributed by atoms with Crippen LogP contribution in [-0.4, -0.2) is 33.6 Å². The van der Waals surface area contributed by atoms with E-state index in [-0.39, 0.29) is 5.69 Å². The van der Waals surface area contributed by atoms with Crippen LogP contribution in [0.15, 0.2) is 12.4 Å². The van der Waals surface area contributed by atoms with Crippen molar-refractivity contribution in [1.29, 1.82) is 5.26 Å². The fourth-order valence-corrected chi connectivity index (χ4v) is 1.82. The maximum Gasteiger partial charge on any atom is 0.326 e. The third kappa shape index (κ3) is 1.80. The van der Waals surface area contributed by atoms with Gasteiger partial charge in [0.15, 0.2) is 5.69 Å². The predicted molar refractivity (Wildman–Crippen MR) is 54.8 cm³/mol. The van der Waals surface area contributed by atoms with Gasteiger partial charge < -0.3 is 10.0 Å². The highest BCUT2D eigenvalue weighted by Gasteiger charge is 2.31. The third-order valence-electron chi connectivity index (χ3n) is 2.58. The van der Waals surface area contributed by atoms with E-state index in [9.17, 15) is 4.79 Å². The molecule has 16 heavy (non-hydrogen) atoms. The molecular formula is C10H10N4O2. The molecule has 0 saturated carbocycles. The van der Waals surface area contributed by atoms with E-state index in [4.69, 9.17) is 10.4 Å². The average Bonchev–Trinajstić information content (AvgIpc) is 2.78. The van der Waals surface area contributed by atoms with Crippen molar-refractivity contribution in [3.05, 3.63) is 18.1 Å². The maximum atomic E-state index is 11.0. The lowest BCUT2D eigenvalue weighted by Crippen LogP contribution is -2.36. The number of nitriles is 1. The molecule has 0 amide bonds. The summed E-state index contributed by atoms with van der Waals surface area (Å²) in [5, 5.41) is 17.6. The molecule has 1 atom stereocenters. The van der Waals surface area contributed by atoms with Gasteiger partial charge in [-0.15, -0.1) is 0 Å². The summed E-state index contributed by atoms with van der Waals surface area (Å²) in [4.78, 5) is 20.6. The van der Waals surface area contributed by atoms with Gasteiger partial charge in [-0.25, -0.2) is 14.8 Å². The molecule has 1 saturated heterocycles. The second-order valence-electron chi connectivity index (χ2n) is 3.56. The van der Waals surface area contributed by atoms with Crippen LogP contribution in [0.1, 0.15) is 18.5 Å². The van der Waals surface area contributed by atoms with Gasteiger partial charge >= 0.3 is 5.97 Å². The van der Waals surface area contributed by atoms with Crippen molar-refractivity contribution >= 4 is 11.8 Å². The van der Waals surface area contributed by atoms with E-state index in [1.165, 1.54) is 12.4 Å². The number of carboxylic acid groups (broad SMARTS) is 1. The number of aliphatic carboxylic acids is 1. The Morgan fingerprint density at radius 2 is 2.38 bits per heavy atom. The molecule has 0 aromatic carbocycles. The number of nitrogens with zero attached hydrogens (tertiary/aromatic N) is 4. The number of anilines is 1. The summed E-state index contributed by atoms with van der Waals surface area (Å²) in [6, 6.07) is 1.34. The molecule has 0 bridgehead atoms. The Bertz CT molecular complexity index is 437. The van der Waals surface area contributed by atoms with E-state index < -0.39 is 12.0 Å². The van der Waals surface area contributed by atoms with Gasteiger partial charge in [0.1, 0.15) is 17.9 Å². The molecule has 1 aliphatic heterocycles. The number of hydrogen-bond donors (Lipinski definition) is 1. The fraction of sp³-hybridized carbons (Fsp3) is 0.400. The van der Waals surface area contributed by atoms with E-state index in [0.29, 0.717) is 18.8 Å². The number of carboxylic acids is 1. The lowest BCUT2D eigenvalue weighted by atomic mass is 10.2. The molecule has 1 fully saturated rings. The Balaban J connectivity index is 2.23. The predicted octanol–water partition coefficient (Wildman–Crippen LogP) is 0.402. The Kier molecular flexibility index (Phi) is 2.68. The summed E-state index contributed by atoms with van der Waals surface area (Å²) in [5.74, 6) is -0.326. The molecule has 0 radical (unpaired) electrons. The first-order chi connectivity index (χ1) is 7.72. The first-order valence-corrected chi connectivity index (χ1v) is 4.94. The molecule has 2 heterocycles. The SMILES string of the molecule is N#Cc1cnc(N2CCC[C@@H]2C(=O)O)cn1. The fourth-order valence-electron chi connectivity index (χ4n) is 1.82. The van der Waals surface area contributed by atoms with Crippen LogP contribution in [0.4, 0.5) is 5.82 Å². The third-order valence-corrected chi connectivity index (χ3v) is 2.58. The van der Waals surface area contributed by atoms with Crippen molar-refractivity contribution in [2.75, 3.05) is 11.4 Å². The number of hydrogen-bond acceptors (Lipinski definition) is 5. The average molecular weight is 218 g/mol. The van der Waals surface area contributed by atoms with Crippen LogP contribution >= 0.6 is 0 Å². The zero-order chi connectivity index (χ0) is 11.5. The number of carbonyl (C=O) groups is 1. The van der Waals surface area contributed by atoms with Crippen LogP contribution in [0.2, 0.25) is 0 Å². The summed E-state index contributed by atoms with van der Waals surface area (Å²) in [6.07, 6.45) is 4.25. The smallest absolute Gasteiger partial charge is 0.326 e. The summed E-state index contributed by atoms with van der Waals surface area (Å²) in [7, 11) is 0. The first kappa shape index (κ1) is 10.4. The van der Waals surface area contributed by atoms with Gasteiger partial charge in [0.05, 0.1) is 12.4 Å². The van der Waals surface area contributed by atoms with Crippen molar-refractivity contribution < 1.29 is 9.90 Å². The van der Waals surface area contributed by atoms with Gasteiger partial charge in [-0.2, -0.15) is 5.26 Å². The molecule has 6 nitrogen and oxygen atoms in total. The maximum absolute atomic E-state index is 11.0. The Morgan fingerprint density at radius 1 is 1.56 bits per heavy atom. The van der Waals surface area contributed by atoms with Crippen molar-refractivity contribution in [2.45, 2.75) is 18.9 Å². The highest BCUT2D eigenvalue weighted by Crippen LogP contribution is 2.23. The summed E-state index contributed by atoms with van der Waals surface area (Å²) in [5.41, 5.74) is 0.231. The highest BCUT2D eigenvalue weighted by atomic mass is 16.4. The second-order valence-corrected chi connectivity index (χ2v) is 3.56. The van der Waals surface area contributed by atoms with E-state index in [2.05, 4.69) is 9.97 Å². The van der Waals surface area contributed by atoms with Crippen LogP contribution in [-0.2, 0) is 4.79 Å². The summed E-state index contributed by atoms with van der Waals surface area (Å²) in [6.45, 7) is 0.664. The molecule has 1 aromatic rings. The normalized spacial score (nSPS) is 19.4. The van der Waals surface area contributed by atoms with Gasteiger partial charge in [-0.05, 0) is 12.8 Å². The Hall–Kier alpha value is -2.16. The monoisotopic (exact) mass is 218 g/mol. The molecule has 2 rings (SSSR count). The topological polar surface area (TPSA) is 90.1 Å². The lowest BCUT2D eigenvalue weighted by Gasteiger charge is -2.21. The minimum absolute atomic E-state index is 0.231. The standard InChI is InChI=1S/C10H10N4O2/c11-4-7-5-13-9(6-12-7)14-3-1-2-8(14)10(15)16/h5-6,8H,1-3H2,(H,15,16)/t8-/m1/s1. The van der Waals surface area contributed by atoms with Crippen LogP contribution in [0.3, 0.4) is 0 Å². The highest BCUT2D eigenvalue weighted by molar-refractivity contribution is 5.78. The number of rotatable bonds is 2. The van der Waals surface area contributed by atoms with Crippen LogP contribution in [0, 0.1) is 11.3 Å². The summed E-state index contributed by atoms with van der Waals surface area (Å²) < 4.78 is 0. The molecule has 82 valence electrons. The molecule has 1 N–H and O–H groups in total. The van der Waals surface area contributed by atoms with Gasteiger partial charge in [0.25, 0.3) is 0 Å². The van der Waals surface area contributed by atoms with Crippen molar-refractivity contribution in [3.63, 3.8) is 0 Å². The van der Waals surface area contributed by atoms with E-state index >= 15 is 0 Å². The second kappa shape index (κ2) is 4.14. The van der Waals surface area contributed by atoms with Gasteiger partial charge in [0.2, 0.25) is 0 Å². The van der Waals surface area contributed by atoms with Gasteiger partial charge in [0, 0.05) is 6.54 Å². The Labute approximate surface area is 92.2 Å². The van der Waals surface area contributed by atoms with E-state index in [0.717, 1.165) is 6.42 Å². The molecule has 6 heteroatoms. The minimum atomic E-state index is -0.844. The Morgan fingerprint density at radius 3 is 2.94 bits per heavy atom. The zero-order valence-corrected chi connectivity index (χ0v) is 8.50. The van der Waals surface area contributed by atoms with Crippen molar-refractivity contribution in [1.82, 2.24) is 9.97 Å². The lowest BCUT2D eigenvalue weighted by molar-refractivity contribution is -0.138. The van der Waals surface area contributed by atoms with Crippen LogP contribution < -0.4 is 4.90 Å². The molecule has 0 unspecified atom stereocenters. The minimum Gasteiger partial charge on any atom is -0.480 e. The van der Waals surface area contributed by atoms with Crippen molar-refractivity contribution in [2.24, 2.45) is 0 Å². The van der Waals surface area contributed by atoms with Crippen LogP contribution in [0.25, 0.3) is 0 Å². The molecule has 0 aliphatic carbocycles. The van der Waals surface area contributed by atoms with Crippen molar-refractivity contribution in [3.8, 4) is 6.07 Å². The molecule has 1 aromatic heterocycles. The molecular weight excluding hydrogens is 208 g/mol. The quantitative estimate of drug-likeness (QED) is 0.772. The molecule has 0 spiro atoms.